The molecule has 1 aromatic carbocycles. The molecule has 1 aromatic heterocycles. The van der Waals surface area contributed by atoms with Gasteiger partial charge in [-0.25, -0.2) is 0 Å². The van der Waals surface area contributed by atoms with E-state index in [2.05, 4.69) is 0 Å². The number of aliphatic hydroxyl groups excluding tert-OH is 1. The van der Waals surface area contributed by atoms with Gasteiger partial charge < -0.3 is 14.7 Å². The summed E-state index contributed by atoms with van der Waals surface area (Å²) in [6.07, 6.45) is 1.35. The van der Waals surface area contributed by atoms with Crippen LogP contribution in [0.1, 0.15) is 34.1 Å². The number of amides is 1. The second kappa shape index (κ2) is 7.76. The van der Waals surface area contributed by atoms with E-state index in [-0.39, 0.29) is 29.5 Å². The van der Waals surface area contributed by atoms with Crippen LogP contribution in [0.5, 0.6) is 0 Å². The molecule has 9 heteroatoms. The smallest absolute Gasteiger partial charge is 0.290 e. The van der Waals surface area contributed by atoms with Gasteiger partial charge >= 0.3 is 0 Å². The number of para-hydroxylation sites is 1. The van der Waals surface area contributed by atoms with Crippen molar-refractivity contribution in [2.24, 2.45) is 0 Å². The van der Waals surface area contributed by atoms with Crippen LogP contribution < -0.4 is 0 Å². The molecule has 2 aromatic rings. The number of ketones is 1. The Balaban J connectivity index is 1.83. The number of Topliss-reactive ketones (excluding diaryl/α,β-unsaturated/α-hetero) is 1. The van der Waals surface area contributed by atoms with Gasteiger partial charge in [-0.05, 0) is 30.4 Å². The molecule has 0 spiro atoms. The predicted octanol–water partition coefficient (Wildman–Crippen LogP) is 3.41. The van der Waals surface area contributed by atoms with Crippen LogP contribution in [0.3, 0.4) is 0 Å². The standard InChI is InChI=1S/C20H18N2O6S/c23-18(15-8-4-10-29-15)16-17(13-6-1-2-7-14(13)22(26)27)21(20(25)19(16)24)11-12-5-3-9-28-12/h1-2,4,6-8,10,12,17,24H,3,5,9,11H2/t12-,17-/m1/s1. The van der Waals surface area contributed by atoms with Crippen molar-refractivity contribution in [2.75, 3.05) is 13.2 Å². The summed E-state index contributed by atoms with van der Waals surface area (Å²) in [5.74, 6) is -1.89. The van der Waals surface area contributed by atoms with Gasteiger partial charge in [0.05, 0.1) is 33.1 Å². The van der Waals surface area contributed by atoms with Gasteiger partial charge in [-0.2, -0.15) is 0 Å². The number of thiophene rings is 1. The maximum atomic E-state index is 13.1. The highest BCUT2D eigenvalue weighted by atomic mass is 32.1. The molecule has 2 aliphatic heterocycles. The van der Waals surface area contributed by atoms with Gasteiger partial charge in [0.15, 0.2) is 5.76 Å². The summed E-state index contributed by atoms with van der Waals surface area (Å²) in [4.78, 5) is 38.7. The Kier molecular flexibility index (Phi) is 5.16. The fraction of sp³-hybridized carbons (Fsp3) is 0.300. The number of hydrogen-bond donors (Lipinski definition) is 1. The highest BCUT2D eigenvalue weighted by molar-refractivity contribution is 7.12. The lowest BCUT2D eigenvalue weighted by atomic mass is 9.94. The number of benzene rings is 1. The third-order valence-electron chi connectivity index (χ3n) is 5.15. The number of nitro groups is 1. The van der Waals surface area contributed by atoms with Crippen molar-refractivity contribution in [1.29, 1.82) is 0 Å². The summed E-state index contributed by atoms with van der Waals surface area (Å²) < 4.78 is 5.62. The van der Waals surface area contributed by atoms with Gasteiger partial charge in [-0.1, -0.05) is 18.2 Å². The molecule has 4 rings (SSSR count). The van der Waals surface area contributed by atoms with Gasteiger partial charge in [0.2, 0.25) is 5.78 Å². The van der Waals surface area contributed by atoms with Crippen LogP contribution in [0, 0.1) is 10.1 Å². The minimum atomic E-state index is -1.05. The van der Waals surface area contributed by atoms with Crippen molar-refractivity contribution in [3.63, 3.8) is 0 Å². The number of carbonyl (C=O) groups excluding carboxylic acids is 2. The third-order valence-corrected chi connectivity index (χ3v) is 6.01. The minimum Gasteiger partial charge on any atom is -0.503 e. The molecule has 1 saturated heterocycles. The van der Waals surface area contributed by atoms with E-state index in [0.29, 0.717) is 11.5 Å². The monoisotopic (exact) mass is 414 g/mol. The molecule has 29 heavy (non-hydrogen) atoms. The fourth-order valence-corrected chi connectivity index (χ4v) is 4.51. The number of ether oxygens (including phenoxy) is 1. The number of hydrogen-bond acceptors (Lipinski definition) is 7. The predicted molar refractivity (Wildman–Crippen MR) is 105 cm³/mol. The number of aliphatic hydroxyl groups is 1. The van der Waals surface area contributed by atoms with Crippen LogP contribution in [0.15, 0.2) is 53.1 Å². The van der Waals surface area contributed by atoms with E-state index in [4.69, 9.17) is 4.74 Å². The van der Waals surface area contributed by atoms with Gasteiger partial charge in [0, 0.05) is 19.2 Å². The van der Waals surface area contributed by atoms with Crippen LogP contribution in [0.25, 0.3) is 0 Å². The molecule has 0 aliphatic carbocycles. The lowest BCUT2D eigenvalue weighted by molar-refractivity contribution is -0.385. The zero-order valence-electron chi connectivity index (χ0n) is 15.3. The quantitative estimate of drug-likeness (QED) is 0.441. The van der Waals surface area contributed by atoms with E-state index in [0.717, 1.165) is 12.8 Å². The second-order valence-electron chi connectivity index (χ2n) is 6.88. The van der Waals surface area contributed by atoms with Crippen molar-refractivity contribution < 1.29 is 24.4 Å². The number of nitro benzene ring substituents is 1. The van der Waals surface area contributed by atoms with Gasteiger partial charge in [0.1, 0.15) is 0 Å². The van der Waals surface area contributed by atoms with Crippen LogP contribution in [-0.2, 0) is 9.53 Å². The molecule has 0 bridgehead atoms. The van der Waals surface area contributed by atoms with Gasteiger partial charge in [-0.3, -0.25) is 19.7 Å². The van der Waals surface area contributed by atoms with E-state index in [1.54, 1.807) is 23.6 Å². The molecular formula is C20H18N2O6S. The van der Waals surface area contributed by atoms with Crippen molar-refractivity contribution in [3.05, 3.63) is 73.7 Å². The first-order valence-electron chi connectivity index (χ1n) is 9.16. The summed E-state index contributed by atoms with van der Waals surface area (Å²) in [7, 11) is 0. The lowest BCUT2D eigenvalue weighted by Crippen LogP contribution is -2.37. The first-order chi connectivity index (χ1) is 14.0. The van der Waals surface area contributed by atoms with Gasteiger partial charge in [-0.15, -0.1) is 11.3 Å². The van der Waals surface area contributed by atoms with E-state index < -0.39 is 28.4 Å². The van der Waals surface area contributed by atoms with Crippen molar-refractivity contribution >= 4 is 28.7 Å². The van der Waals surface area contributed by atoms with Crippen LogP contribution in [0.2, 0.25) is 0 Å². The summed E-state index contributed by atoms with van der Waals surface area (Å²) >= 11 is 1.18. The largest absolute Gasteiger partial charge is 0.503 e. The number of nitrogens with zero attached hydrogens (tertiary/aromatic N) is 2. The van der Waals surface area contributed by atoms with Crippen molar-refractivity contribution in [3.8, 4) is 0 Å². The van der Waals surface area contributed by atoms with Crippen LogP contribution >= 0.6 is 11.3 Å². The highest BCUT2D eigenvalue weighted by Crippen LogP contribution is 2.43. The molecule has 2 atom stereocenters. The Morgan fingerprint density at radius 1 is 1.31 bits per heavy atom. The molecule has 1 fully saturated rings. The van der Waals surface area contributed by atoms with Crippen LogP contribution in [-0.4, -0.2) is 45.9 Å². The maximum absolute atomic E-state index is 13.1. The first-order valence-corrected chi connectivity index (χ1v) is 10.0. The molecule has 0 unspecified atom stereocenters. The highest BCUT2D eigenvalue weighted by Gasteiger charge is 2.47. The van der Waals surface area contributed by atoms with E-state index in [1.165, 1.54) is 34.4 Å². The summed E-state index contributed by atoms with van der Waals surface area (Å²) in [5, 5.41) is 23.9. The normalized spacial score (nSPS) is 21.8. The Labute approximate surface area is 170 Å². The molecule has 0 saturated carbocycles. The van der Waals surface area contributed by atoms with Crippen LogP contribution in [0.4, 0.5) is 5.69 Å². The molecule has 3 heterocycles. The Morgan fingerprint density at radius 2 is 2.10 bits per heavy atom. The fourth-order valence-electron chi connectivity index (χ4n) is 3.83. The van der Waals surface area contributed by atoms with Crippen molar-refractivity contribution in [1.82, 2.24) is 4.90 Å². The molecule has 150 valence electrons. The topological polar surface area (TPSA) is 110 Å². The minimum absolute atomic E-state index is 0.134. The second-order valence-corrected chi connectivity index (χ2v) is 7.83. The Bertz CT molecular complexity index is 994. The van der Waals surface area contributed by atoms with E-state index >= 15 is 0 Å². The maximum Gasteiger partial charge on any atom is 0.290 e. The molecule has 1 N–H and O–H groups in total. The number of carbonyl (C=O) groups is 2. The molecule has 0 radical (unpaired) electrons. The Morgan fingerprint density at radius 3 is 2.76 bits per heavy atom. The summed E-state index contributed by atoms with van der Waals surface area (Å²) in [6, 6.07) is 8.20. The zero-order valence-corrected chi connectivity index (χ0v) is 16.1. The van der Waals surface area contributed by atoms with Gasteiger partial charge in [0.25, 0.3) is 11.6 Å². The van der Waals surface area contributed by atoms with E-state index in [1.807, 2.05) is 0 Å². The first kappa shape index (κ1) is 19.3. The SMILES string of the molecule is O=C(C1=C(O)C(=O)N(C[C@H]2CCCO2)[C@@H]1c1ccccc1[N+](=O)[O-])c1cccs1. The molecule has 2 aliphatic rings. The Hall–Kier alpha value is -3.04. The average molecular weight is 414 g/mol. The zero-order chi connectivity index (χ0) is 20.5. The molecule has 8 nitrogen and oxygen atoms in total. The molecule has 1 amide bonds. The number of rotatable bonds is 6. The third kappa shape index (κ3) is 3.43. The summed E-state index contributed by atoms with van der Waals surface area (Å²) in [5.41, 5.74) is -0.161. The summed E-state index contributed by atoms with van der Waals surface area (Å²) in [6.45, 7) is 0.712. The molecular weight excluding hydrogens is 396 g/mol. The average Bonchev–Trinajstić information content (AvgIpc) is 3.46. The van der Waals surface area contributed by atoms with Crippen molar-refractivity contribution in [2.45, 2.75) is 25.0 Å². The lowest BCUT2D eigenvalue weighted by Gasteiger charge is -2.28. The van der Waals surface area contributed by atoms with E-state index in [9.17, 15) is 24.8 Å².